The van der Waals surface area contributed by atoms with Crippen molar-refractivity contribution in [2.75, 3.05) is 0 Å². The number of nitrogens with zero attached hydrogens (tertiary/aromatic N) is 4. The van der Waals surface area contributed by atoms with Crippen molar-refractivity contribution in [1.82, 2.24) is 15.0 Å². The fourth-order valence-corrected chi connectivity index (χ4v) is 2.80. The van der Waals surface area contributed by atoms with Gasteiger partial charge in [0.1, 0.15) is 6.54 Å². The Morgan fingerprint density at radius 2 is 1.96 bits per heavy atom. The van der Waals surface area contributed by atoms with Crippen LogP contribution in [0.3, 0.4) is 0 Å². The lowest BCUT2D eigenvalue weighted by atomic mass is 10.1. The van der Waals surface area contributed by atoms with Gasteiger partial charge in [0.2, 0.25) is 11.7 Å². The molecule has 9 heteroatoms. The van der Waals surface area contributed by atoms with E-state index in [1.165, 1.54) is 23.1 Å². The van der Waals surface area contributed by atoms with Crippen LogP contribution in [-0.4, -0.2) is 31.9 Å². The van der Waals surface area contributed by atoms with Crippen molar-refractivity contribution >= 4 is 23.2 Å². The van der Waals surface area contributed by atoms with Gasteiger partial charge in [-0.15, -0.1) is 0 Å². The Labute approximate surface area is 165 Å². The molecule has 8 nitrogen and oxygen atoms in total. The highest BCUT2D eigenvalue weighted by Gasteiger charge is 2.25. The molecule has 0 bridgehead atoms. The maximum atomic E-state index is 13.0. The first-order valence-electron chi connectivity index (χ1n) is 8.49. The molecular weight excluding hydrogens is 384 g/mol. The summed E-state index contributed by atoms with van der Waals surface area (Å²) in [7, 11) is 0. The monoisotopic (exact) mass is 400 g/mol. The highest BCUT2D eigenvalue weighted by Crippen LogP contribution is 2.25. The summed E-state index contributed by atoms with van der Waals surface area (Å²) in [6.45, 7) is 3.69. The van der Waals surface area contributed by atoms with E-state index in [9.17, 15) is 14.9 Å². The maximum Gasteiger partial charge on any atom is 0.270 e. The molecule has 0 atom stereocenters. The Morgan fingerprint density at radius 1 is 1.25 bits per heavy atom. The van der Waals surface area contributed by atoms with E-state index in [1.807, 2.05) is 44.2 Å². The SMILES string of the molecule is CC(C)N(Cc1nc(-c2ccccc2)no1)C(=O)c1cc([N+](=O)[O-])ccc1Cl. The maximum absolute atomic E-state index is 13.0. The molecule has 0 saturated carbocycles. The number of halogens is 1. The van der Waals surface area contributed by atoms with Gasteiger partial charge in [-0.05, 0) is 19.9 Å². The van der Waals surface area contributed by atoms with Crippen molar-refractivity contribution in [3.05, 3.63) is 75.1 Å². The molecule has 0 unspecified atom stereocenters. The normalized spacial score (nSPS) is 10.9. The summed E-state index contributed by atoms with van der Waals surface area (Å²) in [6.07, 6.45) is 0. The number of hydrogen-bond acceptors (Lipinski definition) is 6. The van der Waals surface area contributed by atoms with Crippen molar-refractivity contribution < 1.29 is 14.2 Å². The van der Waals surface area contributed by atoms with Crippen LogP contribution in [0.25, 0.3) is 11.4 Å². The van der Waals surface area contributed by atoms with Crippen LogP contribution in [-0.2, 0) is 6.54 Å². The van der Waals surface area contributed by atoms with Crippen molar-refractivity contribution in [3.63, 3.8) is 0 Å². The first-order chi connectivity index (χ1) is 13.4. The highest BCUT2D eigenvalue weighted by atomic mass is 35.5. The minimum absolute atomic E-state index is 0.0485. The number of non-ortho nitro benzene ring substituents is 1. The van der Waals surface area contributed by atoms with Crippen LogP contribution in [0.5, 0.6) is 0 Å². The lowest BCUT2D eigenvalue weighted by molar-refractivity contribution is -0.384. The van der Waals surface area contributed by atoms with Crippen LogP contribution in [0, 0.1) is 10.1 Å². The zero-order valence-electron chi connectivity index (χ0n) is 15.2. The second-order valence-corrected chi connectivity index (χ2v) is 6.73. The van der Waals surface area contributed by atoms with Gasteiger partial charge in [-0.25, -0.2) is 0 Å². The largest absolute Gasteiger partial charge is 0.337 e. The quantitative estimate of drug-likeness (QED) is 0.450. The average molecular weight is 401 g/mol. The van der Waals surface area contributed by atoms with Gasteiger partial charge in [0.05, 0.1) is 15.5 Å². The minimum Gasteiger partial charge on any atom is -0.337 e. The first-order valence-corrected chi connectivity index (χ1v) is 8.87. The fourth-order valence-electron chi connectivity index (χ4n) is 2.60. The smallest absolute Gasteiger partial charge is 0.270 e. The third-order valence-corrected chi connectivity index (χ3v) is 4.41. The van der Waals surface area contributed by atoms with E-state index in [-0.39, 0.29) is 34.8 Å². The second-order valence-electron chi connectivity index (χ2n) is 6.33. The molecule has 0 fully saturated rings. The number of amides is 1. The van der Waals surface area contributed by atoms with Crippen LogP contribution in [0.2, 0.25) is 5.02 Å². The highest BCUT2D eigenvalue weighted by molar-refractivity contribution is 6.33. The lowest BCUT2D eigenvalue weighted by Gasteiger charge is -2.25. The number of hydrogen-bond donors (Lipinski definition) is 0. The summed E-state index contributed by atoms with van der Waals surface area (Å²) < 4.78 is 5.28. The van der Waals surface area contributed by atoms with Crippen LogP contribution >= 0.6 is 11.6 Å². The van der Waals surface area contributed by atoms with E-state index >= 15 is 0 Å². The van der Waals surface area contributed by atoms with E-state index in [1.54, 1.807) is 0 Å². The van der Waals surface area contributed by atoms with Gasteiger partial charge < -0.3 is 9.42 Å². The Balaban J connectivity index is 1.87. The summed E-state index contributed by atoms with van der Waals surface area (Å²) in [6, 6.07) is 12.8. The number of nitro groups is 1. The molecule has 0 saturated heterocycles. The zero-order valence-corrected chi connectivity index (χ0v) is 16.0. The van der Waals surface area contributed by atoms with E-state index < -0.39 is 10.8 Å². The first kappa shape index (κ1) is 19.5. The summed E-state index contributed by atoms with van der Waals surface area (Å²) in [5.41, 5.74) is 0.634. The Hall–Kier alpha value is -3.26. The molecule has 0 N–H and O–H groups in total. The average Bonchev–Trinajstić information content (AvgIpc) is 3.15. The number of aromatic nitrogens is 2. The summed E-state index contributed by atoms with van der Waals surface area (Å²) in [5, 5.41) is 15.1. The number of benzene rings is 2. The second kappa shape index (κ2) is 8.18. The van der Waals surface area contributed by atoms with Crippen LogP contribution in [0.4, 0.5) is 5.69 Å². The van der Waals surface area contributed by atoms with Gasteiger partial charge in [-0.3, -0.25) is 14.9 Å². The molecule has 0 aliphatic heterocycles. The van der Waals surface area contributed by atoms with Crippen molar-refractivity contribution in [3.8, 4) is 11.4 Å². The van der Waals surface area contributed by atoms with Gasteiger partial charge in [0.15, 0.2) is 0 Å². The summed E-state index contributed by atoms with van der Waals surface area (Å²) in [4.78, 5) is 29.2. The van der Waals surface area contributed by atoms with E-state index in [0.717, 1.165) is 5.56 Å². The number of rotatable bonds is 6. The predicted molar refractivity (Wildman–Crippen MR) is 103 cm³/mol. The fraction of sp³-hybridized carbons (Fsp3) is 0.211. The van der Waals surface area contributed by atoms with Gasteiger partial charge in [-0.1, -0.05) is 47.1 Å². The van der Waals surface area contributed by atoms with Crippen molar-refractivity contribution in [1.29, 1.82) is 0 Å². The molecule has 3 rings (SSSR count). The molecular formula is C19H17ClN4O4. The summed E-state index contributed by atoms with van der Waals surface area (Å²) >= 11 is 6.11. The zero-order chi connectivity index (χ0) is 20.3. The molecule has 1 amide bonds. The standard InChI is InChI=1S/C19H17ClN4O4/c1-12(2)23(19(25)15-10-14(24(26)27)8-9-16(15)20)11-17-21-18(22-28-17)13-6-4-3-5-7-13/h3-10,12H,11H2,1-2H3. The Bertz CT molecular complexity index is 1000. The van der Waals surface area contributed by atoms with Gasteiger partial charge in [-0.2, -0.15) is 4.98 Å². The summed E-state index contributed by atoms with van der Waals surface area (Å²) in [5.74, 6) is 0.214. The molecule has 0 radical (unpaired) electrons. The number of carbonyl (C=O) groups is 1. The number of carbonyl (C=O) groups excluding carboxylic acids is 1. The van der Waals surface area contributed by atoms with Crippen LogP contribution < -0.4 is 0 Å². The lowest BCUT2D eigenvalue weighted by Crippen LogP contribution is -2.36. The van der Waals surface area contributed by atoms with E-state index in [0.29, 0.717) is 5.82 Å². The molecule has 0 aliphatic rings. The molecule has 1 heterocycles. The third-order valence-electron chi connectivity index (χ3n) is 4.08. The topological polar surface area (TPSA) is 102 Å². The van der Waals surface area contributed by atoms with Crippen LogP contribution in [0.1, 0.15) is 30.1 Å². The molecule has 1 aromatic heterocycles. The minimum atomic E-state index is -0.572. The number of nitro benzene ring substituents is 1. The predicted octanol–water partition coefficient (Wildman–Crippen LogP) is 4.35. The molecule has 2 aromatic carbocycles. The Morgan fingerprint density at radius 3 is 2.61 bits per heavy atom. The van der Waals surface area contributed by atoms with Crippen LogP contribution in [0.15, 0.2) is 53.1 Å². The molecule has 0 aliphatic carbocycles. The van der Waals surface area contributed by atoms with Gasteiger partial charge >= 0.3 is 0 Å². The van der Waals surface area contributed by atoms with Gasteiger partial charge in [0, 0.05) is 23.7 Å². The van der Waals surface area contributed by atoms with Crippen molar-refractivity contribution in [2.24, 2.45) is 0 Å². The Kier molecular flexibility index (Phi) is 5.70. The molecule has 28 heavy (non-hydrogen) atoms. The molecule has 3 aromatic rings. The van der Waals surface area contributed by atoms with Gasteiger partial charge in [0.25, 0.3) is 11.6 Å². The van der Waals surface area contributed by atoms with E-state index in [2.05, 4.69) is 10.1 Å². The van der Waals surface area contributed by atoms with Crippen molar-refractivity contribution in [2.45, 2.75) is 26.4 Å². The molecule has 144 valence electrons. The molecule has 0 spiro atoms. The van der Waals surface area contributed by atoms with E-state index in [4.69, 9.17) is 16.1 Å². The third kappa shape index (κ3) is 4.17.